The van der Waals surface area contributed by atoms with Gasteiger partial charge in [0.15, 0.2) is 0 Å². The quantitative estimate of drug-likeness (QED) is 0.122. The van der Waals surface area contributed by atoms with Crippen LogP contribution in [0, 0.1) is 0 Å². The van der Waals surface area contributed by atoms with Crippen LogP contribution in [0.15, 0.2) is 381 Å². The second-order valence-corrected chi connectivity index (χ2v) is 30.2. The van der Waals surface area contributed by atoms with E-state index in [1.54, 1.807) is 0 Å². The summed E-state index contributed by atoms with van der Waals surface area (Å²) < 4.78 is 9.26. The summed E-state index contributed by atoms with van der Waals surface area (Å²) in [4.78, 5) is 4.66. The first-order valence-electron chi connectivity index (χ1n) is 36.7. The average Bonchev–Trinajstić information content (AvgIpc) is 1.59. The Balaban J connectivity index is 0.000000149. The Hall–Kier alpha value is -12.9. The molecule has 2 heterocycles. The van der Waals surface area contributed by atoms with Crippen molar-refractivity contribution < 1.29 is 4.42 Å². The van der Waals surface area contributed by atoms with Crippen LogP contribution in [0.2, 0.25) is 0 Å². The lowest BCUT2D eigenvalue weighted by molar-refractivity contribution is 0.660. The van der Waals surface area contributed by atoms with Crippen LogP contribution in [0.5, 0.6) is 0 Å². The molecule has 0 radical (unpaired) electrons. The Kier molecular flexibility index (Phi) is 15.8. The third-order valence-corrected chi connectivity index (χ3v) is 23.4. The fourth-order valence-corrected chi connectivity index (χ4v) is 17.9. The van der Waals surface area contributed by atoms with Crippen molar-refractivity contribution >= 4 is 87.6 Å². The van der Waals surface area contributed by atoms with E-state index in [4.69, 9.17) is 4.42 Å². The number of nitrogens with zero attached hydrogens (tertiary/aromatic N) is 2. The zero-order chi connectivity index (χ0) is 71.0. The van der Waals surface area contributed by atoms with Gasteiger partial charge in [-0.15, -0.1) is 11.3 Å². The van der Waals surface area contributed by atoms with Crippen molar-refractivity contribution in [1.29, 1.82) is 0 Å². The maximum Gasteiger partial charge on any atom is 0.143 e. The average molecular weight is 1380 g/mol. The molecule has 0 unspecified atom stereocenters. The van der Waals surface area contributed by atoms with E-state index in [0.29, 0.717) is 0 Å². The molecule has 504 valence electrons. The molecule has 18 aromatic rings. The van der Waals surface area contributed by atoms with Crippen molar-refractivity contribution in [2.24, 2.45) is 0 Å². The van der Waals surface area contributed by atoms with Gasteiger partial charge in [0.1, 0.15) is 11.2 Å². The van der Waals surface area contributed by atoms with Gasteiger partial charge >= 0.3 is 0 Å². The van der Waals surface area contributed by atoms with E-state index in [-0.39, 0.29) is 10.8 Å². The van der Waals surface area contributed by atoms with Crippen molar-refractivity contribution in [1.82, 2.24) is 0 Å². The molecule has 0 atom stereocenters. The SMILES string of the molecule is CC1(C)c2ccccc2-c2ccc(-c3cc(-c4ccc(N(c5ccc(-c6ccccc6)cc5)c5ccc(-c6ccccc6)cc5)cc4)cc4c3sc3ccccc34)cc21.CC1(C)c2ccccc2-c2ccc(-c3cc(-c4ccc(N(c5ccccc5)c5ccccc5)cc4)cc4c3oc3ccccc34)cc21. The van der Waals surface area contributed by atoms with Gasteiger partial charge in [0.05, 0.1) is 0 Å². The van der Waals surface area contributed by atoms with E-state index < -0.39 is 0 Å². The zero-order valence-electron chi connectivity index (χ0n) is 59.5. The van der Waals surface area contributed by atoms with Crippen LogP contribution in [-0.2, 0) is 10.8 Å². The second kappa shape index (κ2) is 26.1. The number of rotatable bonds is 12. The molecule has 3 nitrogen and oxygen atoms in total. The standard InChI is InChI=1S/C57H41NS.C45H33NO/c1-57(2)53-19-11-9-17-48(53)49-34-27-43(37-54(49)57)51-35-44(36-52-50-18-10-12-20-55(50)59-56(51)52)42-25-32-47(33-26-42)58(45-28-21-40(22-29-45)38-13-5-3-6-14-38)46-30-23-41(24-31-46)39-15-7-4-8-16-39;1-45(2)41-19-11-9-17-36(41)37-26-23-31(29-42(37)45)39-27-32(28-40-38-18-10-12-20-43(38)47-44(39)40)30-21-24-35(25-22-30)46(33-13-5-3-6-14-33)34-15-7-4-8-16-34/h3-37H,1-2H3;3-29H,1-2H3. The molecule has 0 bridgehead atoms. The largest absolute Gasteiger partial charge is 0.455 e. The van der Waals surface area contributed by atoms with E-state index in [1.165, 1.54) is 120 Å². The molecule has 0 spiro atoms. The third kappa shape index (κ3) is 11.2. The van der Waals surface area contributed by atoms with Gasteiger partial charge < -0.3 is 14.2 Å². The van der Waals surface area contributed by atoms with E-state index in [2.05, 4.69) is 408 Å². The number of fused-ring (bicyclic) bond motifs is 12. The summed E-state index contributed by atoms with van der Waals surface area (Å²) in [5.74, 6) is 0. The number of para-hydroxylation sites is 3. The van der Waals surface area contributed by atoms with Crippen molar-refractivity contribution in [2.45, 2.75) is 38.5 Å². The highest BCUT2D eigenvalue weighted by molar-refractivity contribution is 7.26. The molecule has 0 saturated carbocycles. The minimum atomic E-state index is -0.0776. The van der Waals surface area contributed by atoms with E-state index in [9.17, 15) is 0 Å². The lowest BCUT2D eigenvalue weighted by atomic mass is 9.81. The molecule has 2 aliphatic carbocycles. The summed E-state index contributed by atoms with van der Waals surface area (Å²) in [7, 11) is 0. The Morgan fingerprint density at radius 2 is 0.566 bits per heavy atom. The molecule has 4 heteroatoms. The van der Waals surface area contributed by atoms with Gasteiger partial charge in [-0.2, -0.15) is 0 Å². The van der Waals surface area contributed by atoms with Gasteiger partial charge in [-0.05, 0) is 221 Å². The van der Waals surface area contributed by atoms with Gasteiger partial charge in [0, 0.05) is 87.0 Å². The first kappa shape index (κ1) is 64.0. The Morgan fingerprint density at radius 3 is 1.05 bits per heavy atom. The van der Waals surface area contributed by atoms with Crippen LogP contribution in [-0.4, -0.2) is 0 Å². The monoisotopic (exact) mass is 1370 g/mol. The third-order valence-electron chi connectivity index (χ3n) is 22.2. The summed E-state index contributed by atoms with van der Waals surface area (Å²) in [5, 5.41) is 4.89. The van der Waals surface area contributed by atoms with Crippen LogP contribution >= 0.6 is 11.3 Å². The summed E-state index contributed by atoms with van der Waals surface area (Å²) in [6.07, 6.45) is 0. The van der Waals surface area contributed by atoms with Gasteiger partial charge in [0.25, 0.3) is 0 Å². The number of thiophene rings is 1. The topological polar surface area (TPSA) is 19.6 Å². The number of anilines is 6. The van der Waals surface area contributed by atoms with Crippen LogP contribution < -0.4 is 9.80 Å². The molecule has 0 fully saturated rings. The second-order valence-electron chi connectivity index (χ2n) is 29.1. The first-order chi connectivity index (χ1) is 52.1. The molecule has 0 saturated heterocycles. The van der Waals surface area contributed by atoms with Crippen molar-refractivity contribution in [3.8, 4) is 89.0 Å². The summed E-state index contributed by atoms with van der Waals surface area (Å²) in [6, 6.07) is 137. The highest BCUT2D eigenvalue weighted by Crippen LogP contribution is 2.54. The van der Waals surface area contributed by atoms with Crippen LogP contribution in [0.4, 0.5) is 34.1 Å². The predicted molar refractivity (Wildman–Crippen MR) is 450 cm³/mol. The molecule has 0 N–H and O–H groups in total. The minimum Gasteiger partial charge on any atom is -0.455 e. The highest BCUT2D eigenvalue weighted by Gasteiger charge is 2.37. The van der Waals surface area contributed by atoms with Crippen molar-refractivity contribution in [3.05, 3.63) is 398 Å². The summed E-state index contributed by atoms with van der Waals surface area (Å²) >= 11 is 1.90. The van der Waals surface area contributed by atoms with Gasteiger partial charge in [-0.25, -0.2) is 0 Å². The van der Waals surface area contributed by atoms with Crippen LogP contribution in [0.1, 0.15) is 49.9 Å². The van der Waals surface area contributed by atoms with Gasteiger partial charge in [-0.3, -0.25) is 0 Å². The number of benzene rings is 16. The maximum absolute atomic E-state index is 6.60. The fourth-order valence-electron chi connectivity index (χ4n) is 16.7. The smallest absolute Gasteiger partial charge is 0.143 e. The predicted octanol–water partition coefficient (Wildman–Crippen LogP) is 29.2. The Morgan fingerprint density at radius 1 is 0.226 bits per heavy atom. The minimum absolute atomic E-state index is 0.0652. The van der Waals surface area contributed by atoms with E-state index in [1.807, 2.05) is 17.4 Å². The summed E-state index contributed by atoms with van der Waals surface area (Å²) in [6.45, 7) is 9.41. The molecule has 0 amide bonds. The molecule has 0 aliphatic heterocycles. The highest BCUT2D eigenvalue weighted by atomic mass is 32.1. The van der Waals surface area contributed by atoms with Crippen molar-refractivity contribution in [3.63, 3.8) is 0 Å². The molecular formula is C102H74N2OS. The normalized spacial score (nSPS) is 12.9. The first-order valence-corrected chi connectivity index (χ1v) is 37.5. The molecule has 20 rings (SSSR count). The lowest BCUT2D eigenvalue weighted by Crippen LogP contribution is -2.14. The Bertz CT molecular complexity index is 6210. The molecule has 2 aromatic heterocycles. The van der Waals surface area contributed by atoms with Crippen LogP contribution in [0.3, 0.4) is 0 Å². The summed E-state index contributed by atoms with van der Waals surface area (Å²) in [5.41, 5.74) is 33.7. The van der Waals surface area contributed by atoms with E-state index in [0.717, 1.165) is 67.2 Å². The lowest BCUT2D eigenvalue weighted by Gasteiger charge is -2.26. The molecule has 2 aliphatic rings. The number of furan rings is 1. The van der Waals surface area contributed by atoms with Gasteiger partial charge in [0.2, 0.25) is 0 Å². The van der Waals surface area contributed by atoms with Crippen molar-refractivity contribution in [2.75, 3.05) is 9.80 Å². The number of hydrogen-bond donors (Lipinski definition) is 0. The van der Waals surface area contributed by atoms with E-state index >= 15 is 0 Å². The molecular weight excluding hydrogens is 1300 g/mol. The molecule has 106 heavy (non-hydrogen) atoms. The fraction of sp³-hybridized carbons (Fsp3) is 0.0588. The number of hydrogen-bond acceptors (Lipinski definition) is 4. The zero-order valence-corrected chi connectivity index (χ0v) is 60.3. The van der Waals surface area contributed by atoms with Crippen LogP contribution in [0.25, 0.3) is 131 Å². The molecule has 16 aromatic carbocycles. The van der Waals surface area contributed by atoms with Gasteiger partial charge in [-0.1, -0.05) is 282 Å². The Labute approximate surface area is 623 Å². The maximum atomic E-state index is 6.60.